The zero-order valence-corrected chi connectivity index (χ0v) is 14.4. The van der Waals surface area contributed by atoms with E-state index in [9.17, 15) is 19.2 Å². The van der Waals surface area contributed by atoms with Crippen molar-refractivity contribution in [3.05, 3.63) is 53.6 Å². The summed E-state index contributed by atoms with van der Waals surface area (Å²) in [6.07, 6.45) is 3.89. The first-order valence-electron chi connectivity index (χ1n) is 7.49. The van der Waals surface area contributed by atoms with E-state index in [4.69, 9.17) is 4.74 Å². The van der Waals surface area contributed by atoms with Gasteiger partial charge in [0.2, 0.25) is 0 Å². The number of methoxy groups -OCH3 is 2. The maximum atomic E-state index is 12.0. The van der Waals surface area contributed by atoms with Crippen molar-refractivity contribution in [1.82, 2.24) is 9.97 Å². The summed E-state index contributed by atoms with van der Waals surface area (Å²) in [5.41, 5.74) is 0.143. The van der Waals surface area contributed by atoms with Gasteiger partial charge in [0.1, 0.15) is 0 Å². The molecular formula is C17H15N3O7. The zero-order valence-electron chi connectivity index (χ0n) is 14.4. The Morgan fingerprint density at radius 1 is 0.926 bits per heavy atom. The van der Waals surface area contributed by atoms with Crippen molar-refractivity contribution in [2.24, 2.45) is 0 Å². The zero-order chi connectivity index (χ0) is 19.8. The standard InChI is InChI=1S/C17H15N3O7/c1-25-15(22)10-5-11(16(23)26-2)7-12(6-10)20-14(21)9-27-17(24)13-8-18-3-4-19-13/h3-8H,9H2,1-2H3,(H,20,21). The van der Waals surface area contributed by atoms with E-state index in [2.05, 4.69) is 24.8 Å². The Morgan fingerprint density at radius 3 is 2.07 bits per heavy atom. The van der Waals surface area contributed by atoms with Crippen molar-refractivity contribution < 1.29 is 33.4 Å². The van der Waals surface area contributed by atoms with Crippen LogP contribution in [0.3, 0.4) is 0 Å². The molecule has 2 aromatic rings. The fraction of sp³-hybridized carbons (Fsp3) is 0.176. The van der Waals surface area contributed by atoms with Crippen molar-refractivity contribution >= 4 is 29.5 Å². The number of anilines is 1. The van der Waals surface area contributed by atoms with Crippen molar-refractivity contribution in [3.8, 4) is 0 Å². The highest BCUT2D eigenvalue weighted by Gasteiger charge is 2.16. The SMILES string of the molecule is COC(=O)c1cc(NC(=O)COC(=O)c2cnccn2)cc(C(=O)OC)c1. The molecule has 0 aliphatic rings. The van der Waals surface area contributed by atoms with Gasteiger partial charge >= 0.3 is 17.9 Å². The third-order valence-corrected chi connectivity index (χ3v) is 3.17. The molecule has 2 rings (SSSR count). The lowest BCUT2D eigenvalue weighted by Crippen LogP contribution is -2.22. The Hall–Kier alpha value is -3.82. The molecule has 0 aliphatic carbocycles. The smallest absolute Gasteiger partial charge is 0.359 e. The predicted molar refractivity (Wildman–Crippen MR) is 90.1 cm³/mol. The number of ether oxygens (including phenoxy) is 3. The molecule has 0 aliphatic heterocycles. The molecule has 1 N–H and O–H groups in total. The molecule has 0 spiro atoms. The molecule has 1 amide bonds. The van der Waals surface area contributed by atoms with Crippen LogP contribution in [-0.2, 0) is 19.0 Å². The number of amides is 1. The van der Waals surface area contributed by atoms with Crippen LogP contribution in [0.15, 0.2) is 36.8 Å². The molecule has 0 saturated carbocycles. The van der Waals surface area contributed by atoms with Gasteiger partial charge in [0.05, 0.1) is 31.5 Å². The predicted octanol–water partition coefficient (Wildman–Crippen LogP) is 0.845. The molecule has 10 nitrogen and oxygen atoms in total. The summed E-state index contributed by atoms with van der Waals surface area (Å²) in [5.74, 6) is -2.92. The fourth-order valence-electron chi connectivity index (χ4n) is 1.98. The summed E-state index contributed by atoms with van der Waals surface area (Å²) in [7, 11) is 2.36. The van der Waals surface area contributed by atoms with E-state index in [-0.39, 0.29) is 22.5 Å². The molecule has 0 saturated heterocycles. The van der Waals surface area contributed by atoms with Gasteiger partial charge < -0.3 is 19.5 Å². The minimum Gasteiger partial charge on any atom is -0.465 e. The van der Waals surface area contributed by atoms with Crippen molar-refractivity contribution in [3.63, 3.8) is 0 Å². The van der Waals surface area contributed by atoms with E-state index in [1.165, 1.54) is 51.0 Å². The van der Waals surface area contributed by atoms with E-state index in [1.807, 2.05) is 0 Å². The van der Waals surface area contributed by atoms with Crippen LogP contribution in [0.5, 0.6) is 0 Å². The van der Waals surface area contributed by atoms with E-state index >= 15 is 0 Å². The molecule has 0 fully saturated rings. The highest BCUT2D eigenvalue weighted by Crippen LogP contribution is 2.17. The molecule has 0 unspecified atom stereocenters. The molecule has 0 bridgehead atoms. The normalized spacial score (nSPS) is 9.85. The first kappa shape index (κ1) is 19.5. The molecule has 27 heavy (non-hydrogen) atoms. The number of esters is 3. The lowest BCUT2D eigenvalue weighted by Gasteiger charge is -2.10. The van der Waals surface area contributed by atoms with E-state index in [0.29, 0.717) is 0 Å². The van der Waals surface area contributed by atoms with Crippen molar-refractivity contribution in [2.75, 3.05) is 26.1 Å². The van der Waals surface area contributed by atoms with E-state index < -0.39 is 30.4 Å². The first-order chi connectivity index (χ1) is 12.9. The molecule has 1 aromatic heterocycles. The Balaban J connectivity index is 2.08. The Morgan fingerprint density at radius 2 is 1.56 bits per heavy atom. The second-order valence-electron chi connectivity index (χ2n) is 5.00. The molecule has 10 heteroatoms. The third-order valence-electron chi connectivity index (χ3n) is 3.17. The highest BCUT2D eigenvalue weighted by atomic mass is 16.5. The molecule has 140 valence electrons. The van der Waals surface area contributed by atoms with Gasteiger partial charge in [-0.05, 0) is 18.2 Å². The average Bonchev–Trinajstić information content (AvgIpc) is 2.71. The minimum absolute atomic E-state index is 0.0345. The van der Waals surface area contributed by atoms with Crippen LogP contribution in [0.2, 0.25) is 0 Å². The van der Waals surface area contributed by atoms with Gasteiger partial charge in [-0.3, -0.25) is 9.78 Å². The summed E-state index contributed by atoms with van der Waals surface area (Å²) >= 11 is 0. The first-order valence-corrected chi connectivity index (χ1v) is 7.49. The van der Waals surface area contributed by atoms with Gasteiger partial charge in [0.25, 0.3) is 5.91 Å². The number of carbonyl (C=O) groups is 4. The molecule has 0 radical (unpaired) electrons. The molecule has 1 aromatic carbocycles. The van der Waals surface area contributed by atoms with E-state index in [1.54, 1.807) is 0 Å². The largest absolute Gasteiger partial charge is 0.465 e. The number of aromatic nitrogens is 2. The lowest BCUT2D eigenvalue weighted by atomic mass is 10.1. The van der Waals surface area contributed by atoms with Crippen LogP contribution < -0.4 is 5.32 Å². The number of rotatable bonds is 6. The number of nitrogens with one attached hydrogen (secondary N) is 1. The lowest BCUT2D eigenvalue weighted by molar-refractivity contribution is -0.119. The summed E-state index contributed by atoms with van der Waals surface area (Å²) in [4.78, 5) is 54.6. The molecule has 0 atom stereocenters. The van der Waals surface area contributed by atoms with Crippen LogP contribution in [0.1, 0.15) is 31.2 Å². The van der Waals surface area contributed by atoms with Gasteiger partial charge in [0.15, 0.2) is 12.3 Å². The third kappa shape index (κ3) is 5.33. The second-order valence-corrected chi connectivity index (χ2v) is 5.00. The Kier molecular flexibility index (Phi) is 6.53. The number of benzene rings is 1. The van der Waals surface area contributed by atoms with Crippen LogP contribution in [0, 0.1) is 0 Å². The summed E-state index contributed by atoms with van der Waals surface area (Å²) < 4.78 is 14.0. The maximum absolute atomic E-state index is 12.0. The number of carbonyl (C=O) groups excluding carboxylic acids is 4. The summed E-state index contributed by atoms with van der Waals surface area (Å²) in [5, 5.41) is 2.42. The van der Waals surface area contributed by atoms with Crippen molar-refractivity contribution in [1.29, 1.82) is 0 Å². The highest BCUT2D eigenvalue weighted by molar-refractivity contribution is 6.00. The van der Waals surface area contributed by atoms with Gasteiger partial charge in [-0.25, -0.2) is 19.4 Å². The van der Waals surface area contributed by atoms with E-state index in [0.717, 1.165) is 0 Å². The Bertz CT molecular complexity index is 834. The maximum Gasteiger partial charge on any atom is 0.359 e. The Labute approximate surface area is 153 Å². The van der Waals surface area contributed by atoms with Crippen LogP contribution in [-0.4, -0.2) is 54.6 Å². The quantitative estimate of drug-likeness (QED) is 0.577. The minimum atomic E-state index is -0.822. The number of nitrogens with zero attached hydrogens (tertiary/aromatic N) is 2. The topological polar surface area (TPSA) is 134 Å². The van der Waals surface area contributed by atoms with Gasteiger partial charge in [-0.15, -0.1) is 0 Å². The average molecular weight is 373 g/mol. The molecule has 1 heterocycles. The van der Waals surface area contributed by atoms with Gasteiger partial charge in [0, 0.05) is 18.1 Å². The molecular weight excluding hydrogens is 358 g/mol. The van der Waals surface area contributed by atoms with Gasteiger partial charge in [-0.2, -0.15) is 0 Å². The van der Waals surface area contributed by atoms with Crippen LogP contribution in [0.4, 0.5) is 5.69 Å². The summed E-state index contributed by atoms with van der Waals surface area (Å²) in [6, 6.07) is 3.88. The number of hydrogen-bond acceptors (Lipinski definition) is 9. The fourth-order valence-corrected chi connectivity index (χ4v) is 1.98. The second kappa shape index (κ2) is 9.04. The monoisotopic (exact) mass is 373 g/mol. The summed E-state index contributed by atoms with van der Waals surface area (Å²) in [6.45, 7) is -0.606. The number of hydrogen-bond donors (Lipinski definition) is 1. The van der Waals surface area contributed by atoms with Crippen LogP contribution in [0.25, 0.3) is 0 Å². The van der Waals surface area contributed by atoms with Crippen molar-refractivity contribution in [2.45, 2.75) is 0 Å². The van der Waals surface area contributed by atoms with Crippen LogP contribution >= 0.6 is 0 Å². The van der Waals surface area contributed by atoms with Gasteiger partial charge in [-0.1, -0.05) is 0 Å².